The standard InChI is InChI=1S/C15H15N3S/c1-18-13-7-2-3-8-14(13)19-15(18)17-16-12-9-10-5-4-6-11(10)12/h2-5,7-8,10-11H,6,9H2,1H3/b16-12-,17-15+/t10-,11+/m0/s1. The highest BCUT2D eigenvalue weighted by molar-refractivity contribution is 7.16. The number of nitrogens with zero attached hydrogens (tertiary/aromatic N) is 3. The van der Waals surface area contributed by atoms with Crippen LogP contribution in [0.25, 0.3) is 10.2 Å². The summed E-state index contributed by atoms with van der Waals surface area (Å²) in [4.78, 5) is 0.975. The number of thiazole rings is 1. The molecule has 0 radical (unpaired) electrons. The summed E-state index contributed by atoms with van der Waals surface area (Å²) in [6.07, 6.45) is 6.84. The van der Waals surface area contributed by atoms with E-state index in [1.807, 2.05) is 0 Å². The zero-order chi connectivity index (χ0) is 12.8. The van der Waals surface area contributed by atoms with Crippen LogP contribution in [0.5, 0.6) is 0 Å². The van der Waals surface area contributed by atoms with Crippen molar-refractivity contribution in [2.24, 2.45) is 29.1 Å². The summed E-state index contributed by atoms with van der Waals surface area (Å²) in [5.74, 6) is 1.38. The van der Waals surface area contributed by atoms with Crippen LogP contribution in [-0.4, -0.2) is 10.3 Å². The van der Waals surface area contributed by atoms with Gasteiger partial charge in [0.1, 0.15) is 0 Å². The summed E-state index contributed by atoms with van der Waals surface area (Å²) in [6, 6.07) is 8.38. The Balaban J connectivity index is 1.73. The molecule has 2 aliphatic rings. The number of hydrogen-bond acceptors (Lipinski definition) is 3. The molecule has 4 heteroatoms. The van der Waals surface area contributed by atoms with Gasteiger partial charge in [0.25, 0.3) is 0 Å². The number of benzene rings is 1. The lowest BCUT2D eigenvalue weighted by atomic mass is 9.74. The summed E-state index contributed by atoms with van der Waals surface area (Å²) in [6.45, 7) is 0. The maximum absolute atomic E-state index is 4.49. The molecule has 96 valence electrons. The Labute approximate surface area is 115 Å². The van der Waals surface area contributed by atoms with Crippen molar-refractivity contribution in [1.29, 1.82) is 0 Å². The molecule has 1 fully saturated rings. The van der Waals surface area contributed by atoms with Crippen LogP contribution in [0.2, 0.25) is 0 Å². The normalized spacial score (nSPS) is 28.1. The zero-order valence-corrected chi connectivity index (χ0v) is 11.6. The predicted octanol–water partition coefficient (Wildman–Crippen LogP) is 3.09. The number of rotatable bonds is 1. The summed E-state index contributed by atoms with van der Waals surface area (Å²) in [5, 5.41) is 8.96. The SMILES string of the molecule is Cn1/c(=N\N=C2\C[C@@H]3C=CC[C@@H]23)sc2ccccc21. The molecule has 4 rings (SSSR count). The van der Waals surface area contributed by atoms with Gasteiger partial charge in [0, 0.05) is 18.7 Å². The van der Waals surface area contributed by atoms with Gasteiger partial charge in [0.05, 0.1) is 10.2 Å². The van der Waals surface area contributed by atoms with E-state index in [1.54, 1.807) is 11.3 Å². The molecule has 0 amide bonds. The lowest BCUT2D eigenvalue weighted by Gasteiger charge is -2.31. The van der Waals surface area contributed by atoms with E-state index in [-0.39, 0.29) is 0 Å². The molecule has 19 heavy (non-hydrogen) atoms. The molecule has 1 aromatic carbocycles. The van der Waals surface area contributed by atoms with E-state index >= 15 is 0 Å². The lowest BCUT2D eigenvalue weighted by Crippen LogP contribution is -2.33. The van der Waals surface area contributed by atoms with Gasteiger partial charge in [0.2, 0.25) is 4.80 Å². The highest BCUT2D eigenvalue weighted by atomic mass is 32.1. The average molecular weight is 269 g/mol. The van der Waals surface area contributed by atoms with Crippen molar-refractivity contribution in [3.63, 3.8) is 0 Å². The molecule has 0 bridgehead atoms. The summed E-state index contributed by atoms with van der Waals surface area (Å²) < 4.78 is 3.38. The second-order valence-corrected chi connectivity index (χ2v) is 6.25. The first kappa shape index (κ1) is 11.2. The van der Waals surface area contributed by atoms with Crippen molar-refractivity contribution >= 4 is 27.3 Å². The summed E-state index contributed by atoms with van der Waals surface area (Å²) in [5.41, 5.74) is 2.49. The molecular formula is C15H15N3S. The van der Waals surface area contributed by atoms with Gasteiger partial charge in [0.15, 0.2) is 0 Å². The molecule has 1 heterocycles. The number of aromatic nitrogens is 1. The number of hydrogen-bond donors (Lipinski definition) is 0. The molecule has 0 saturated heterocycles. The molecule has 0 spiro atoms. The fourth-order valence-electron chi connectivity index (χ4n) is 2.93. The molecule has 2 aliphatic carbocycles. The van der Waals surface area contributed by atoms with E-state index in [1.165, 1.54) is 15.9 Å². The highest BCUT2D eigenvalue weighted by Gasteiger charge is 2.37. The van der Waals surface area contributed by atoms with Gasteiger partial charge < -0.3 is 4.57 Å². The molecule has 0 unspecified atom stereocenters. The van der Waals surface area contributed by atoms with Crippen molar-refractivity contribution in [2.45, 2.75) is 12.8 Å². The summed E-state index contributed by atoms with van der Waals surface area (Å²) in [7, 11) is 2.05. The minimum absolute atomic E-state index is 0.642. The van der Waals surface area contributed by atoms with E-state index < -0.39 is 0 Å². The minimum Gasteiger partial charge on any atom is -0.318 e. The van der Waals surface area contributed by atoms with E-state index in [0.717, 1.165) is 23.6 Å². The topological polar surface area (TPSA) is 29.6 Å². The first-order valence-electron chi connectivity index (χ1n) is 6.64. The number of para-hydroxylation sites is 1. The van der Waals surface area contributed by atoms with E-state index in [0.29, 0.717) is 5.92 Å². The van der Waals surface area contributed by atoms with E-state index in [2.05, 4.69) is 58.2 Å². The fourth-order valence-corrected chi connectivity index (χ4v) is 3.90. The monoisotopic (exact) mass is 269 g/mol. The second-order valence-electron chi connectivity index (χ2n) is 5.24. The molecule has 2 aromatic rings. The molecule has 1 saturated carbocycles. The molecule has 3 nitrogen and oxygen atoms in total. The van der Waals surface area contributed by atoms with Crippen LogP contribution in [0.4, 0.5) is 0 Å². The van der Waals surface area contributed by atoms with Gasteiger partial charge in [-0.25, -0.2) is 0 Å². The Morgan fingerprint density at radius 2 is 2.16 bits per heavy atom. The molecule has 2 atom stereocenters. The highest BCUT2D eigenvalue weighted by Crippen LogP contribution is 2.40. The first-order chi connectivity index (χ1) is 9.33. The fraction of sp³-hybridized carbons (Fsp3) is 0.333. The van der Waals surface area contributed by atoms with Crippen molar-refractivity contribution in [3.05, 3.63) is 41.2 Å². The van der Waals surface area contributed by atoms with E-state index in [4.69, 9.17) is 0 Å². The van der Waals surface area contributed by atoms with Crippen LogP contribution in [0.3, 0.4) is 0 Å². The van der Waals surface area contributed by atoms with Crippen molar-refractivity contribution < 1.29 is 0 Å². The zero-order valence-electron chi connectivity index (χ0n) is 10.8. The van der Waals surface area contributed by atoms with Gasteiger partial charge in [-0.05, 0) is 30.9 Å². The smallest absolute Gasteiger partial charge is 0.211 e. The summed E-state index contributed by atoms with van der Waals surface area (Å²) >= 11 is 1.70. The third-order valence-corrected chi connectivity index (χ3v) is 5.24. The second kappa shape index (κ2) is 4.17. The maximum Gasteiger partial charge on any atom is 0.211 e. The van der Waals surface area contributed by atoms with Crippen molar-refractivity contribution in [3.8, 4) is 0 Å². The molecule has 0 N–H and O–H groups in total. The average Bonchev–Trinajstić information content (AvgIpc) is 2.93. The van der Waals surface area contributed by atoms with Crippen LogP contribution in [0, 0.1) is 11.8 Å². The van der Waals surface area contributed by atoms with Gasteiger partial charge >= 0.3 is 0 Å². The van der Waals surface area contributed by atoms with Crippen LogP contribution in [0.15, 0.2) is 46.6 Å². The predicted molar refractivity (Wildman–Crippen MR) is 79.1 cm³/mol. The number of aryl methyl sites for hydroxylation is 1. The third kappa shape index (κ3) is 1.70. The van der Waals surface area contributed by atoms with Gasteiger partial charge in [-0.15, -0.1) is 5.10 Å². The molecule has 1 aromatic heterocycles. The molecule has 0 aliphatic heterocycles. The van der Waals surface area contributed by atoms with Gasteiger partial charge in [-0.2, -0.15) is 5.10 Å². The minimum atomic E-state index is 0.642. The van der Waals surface area contributed by atoms with Crippen molar-refractivity contribution in [2.75, 3.05) is 0 Å². The Kier molecular flexibility index (Phi) is 2.45. The van der Waals surface area contributed by atoms with Crippen LogP contribution >= 0.6 is 11.3 Å². The number of fused-ring (bicyclic) bond motifs is 2. The quantitative estimate of drug-likeness (QED) is 0.562. The Hall–Kier alpha value is -1.68. The van der Waals surface area contributed by atoms with Crippen LogP contribution in [-0.2, 0) is 7.05 Å². The van der Waals surface area contributed by atoms with Gasteiger partial charge in [-0.1, -0.05) is 35.6 Å². The van der Waals surface area contributed by atoms with Crippen molar-refractivity contribution in [1.82, 2.24) is 4.57 Å². The third-order valence-electron chi connectivity index (χ3n) is 4.14. The first-order valence-corrected chi connectivity index (χ1v) is 7.46. The maximum atomic E-state index is 4.49. The van der Waals surface area contributed by atoms with Gasteiger partial charge in [-0.3, -0.25) is 0 Å². The number of allylic oxidation sites excluding steroid dienone is 2. The largest absolute Gasteiger partial charge is 0.318 e. The lowest BCUT2D eigenvalue weighted by molar-refractivity contribution is 0.465. The Morgan fingerprint density at radius 1 is 1.26 bits per heavy atom. The Bertz CT molecular complexity index is 763. The molecular weight excluding hydrogens is 254 g/mol. The van der Waals surface area contributed by atoms with Crippen LogP contribution in [0.1, 0.15) is 12.8 Å². The van der Waals surface area contributed by atoms with E-state index in [9.17, 15) is 0 Å². The van der Waals surface area contributed by atoms with Crippen LogP contribution < -0.4 is 4.80 Å². The Morgan fingerprint density at radius 3 is 3.00 bits per heavy atom.